The molecule has 0 N–H and O–H groups in total. The standard InChI is InChI=1S/C19H20BrNO/c1-14(13-22)21-12-11-19(2,15-7-9-16(20)10-8-15)17-5-3-4-6-18(17)21/h3-10,13-14H,11-12H2,1-2H3. The van der Waals surface area contributed by atoms with Gasteiger partial charge < -0.3 is 9.69 Å². The number of nitrogens with zero attached hydrogens (tertiary/aromatic N) is 1. The van der Waals surface area contributed by atoms with Crippen molar-refractivity contribution in [2.45, 2.75) is 31.7 Å². The fraction of sp³-hybridized carbons (Fsp3) is 0.316. The van der Waals surface area contributed by atoms with Crippen molar-refractivity contribution in [2.24, 2.45) is 0 Å². The summed E-state index contributed by atoms with van der Waals surface area (Å²) in [6.45, 7) is 5.16. The Morgan fingerprint density at radius 1 is 1.18 bits per heavy atom. The third kappa shape index (κ3) is 2.48. The van der Waals surface area contributed by atoms with Crippen molar-refractivity contribution in [3.63, 3.8) is 0 Å². The van der Waals surface area contributed by atoms with Crippen LogP contribution >= 0.6 is 15.9 Å². The van der Waals surface area contributed by atoms with Crippen molar-refractivity contribution in [1.29, 1.82) is 0 Å². The third-order valence-electron chi connectivity index (χ3n) is 4.83. The van der Waals surface area contributed by atoms with E-state index >= 15 is 0 Å². The summed E-state index contributed by atoms with van der Waals surface area (Å²) in [5.41, 5.74) is 3.79. The number of para-hydroxylation sites is 1. The summed E-state index contributed by atoms with van der Waals surface area (Å²) in [5, 5.41) is 0. The number of anilines is 1. The number of benzene rings is 2. The van der Waals surface area contributed by atoms with Crippen molar-refractivity contribution < 1.29 is 4.79 Å². The van der Waals surface area contributed by atoms with Gasteiger partial charge in [-0.15, -0.1) is 0 Å². The maximum absolute atomic E-state index is 11.2. The van der Waals surface area contributed by atoms with Crippen LogP contribution in [-0.4, -0.2) is 18.9 Å². The first-order chi connectivity index (χ1) is 10.6. The summed E-state index contributed by atoms with van der Waals surface area (Å²) in [5.74, 6) is 0. The van der Waals surface area contributed by atoms with Gasteiger partial charge in [0.2, 0.25) is 0 Å². The number of hydrogen-bond acceptors (Lipinski definition) is 2. The minimum atomic E-state index is -0.0874. The molecule has 114 valence electrons. The summed E-state index contributed by atoms with van der Waals surface area (Å²) < 4.78 is 1.10. The summed E-state index contributed by atoms with van der Waals surface area (Å²) in [6, 6.07) is 17.0. The van der Waals surface area contributed by atoms with Gasteiger partial charge in [-0.2, -0.15) is 0 Å². The quantitative estimate of drug-likeness (QED) is 0.750. The maximum atomic E-state index is 11.2. The second-order valence-electron chi connectivity index (χ2n) is 6.18. The molecular formula is C19H20BrNO. The summed E-state index contributed by atoms with van der Waals surface area (Å²) in [4.78, 5) is 13.4. The molecule has 0 spiro atoms. The lowest BCUT2D eigenvalue weighted by Crippen LogP contribution is -2.44. The number of fused-ring (bicyclic) bond motifs is 1. The molecule has 1 heterocycles. The molecule has 1 aliphatic rings. The van der Waals surface area contributed by atoms with Gasteiger partial charge in [0.15, 0.2) is 0 Å². The van der Waals surface area contributed by atoms with Crippen LogP contribution in [0.3, 0.4) is 0 Å². The smallest absolute Gasteiger partial charge is 0.142 e. The molecule has 2 nitrogen and oxygen atoms in total. The highest BCUT2D eigenvalue weighted by Crippen LogP contribution is 2.44. The number of aldehydes is 1. The number of carbonyl (C=O) groups is 1. The Balaban J connectivity index is 2.11. The highest BCUT2D eigenvalue weighted by molar-refractivity contribution is 9.10. The lowest BCUT2D eigenvalue weighted by atomic mass is 9.71. The van der Waals surface area contributed by atoms with Gasteiger partial charge in [0.1, 0.15) is 6.29 Å². The predicted octanol–water partition coefficient (Wildman–Crippen LogP) is 4.55. The number of hydrogen-bond donors (Lipinski definition) is 0. The zero-order chi connectivity index (χ0) is 15.7. The van der Waals surface area contributed by atoms with Gasteiger partial charge in [-0.05, 0) is 42.7 Å². The van der Waals surface area contributed by atoms with Crippen LogP contribution in [0.25, 0.3) is 0 Å². The molecule has 3 heteroatoms. The van der Waals surface area contributed by atoms with Crippen molar-refractivity contribution in [3.05, 3.63) is 64.1 Å². The molecule has 22 heavy (non-hydrogen) atoms. The molecule has 2 unspecified atom stereocenters. The van der Waals surface area contributed by atoms with Crippen LogP contribution in [0.2, 0.25) is 0 Å². The van der Waals surface area contributed by atoms with E-state index in [4.69, 9.17) is 0 Å². The lowest BCUT2D eigenvalue weighted by molar-refractivity contribution is -0.108. The van der Waals surface area contributed by atoms with Crippen LogP contribution in [0, 0.1) is 0 Å². The molecule has 0 radical (unpaired) electrons. The van der Waals surface area contributed by atoms with Crippen LogP contribution in [0.15, 0.2) is 53.0 Å². The minimum Gasteiger partial charge on any atom is -0.362 e. The molecule has 2 aromatic carbocycles. The molecule has 0 aromatic heterocycles. The van der Waals surface area contributed by atoms with Crippen molar-refractivity contribution in [3.8, 4) is 0 Å². The Labute approximate surface area is 140 Å². The number of halogens is 1. The predicted molar refractivity (Wildman–Crippen MR) is 94.5 cm³/mol. The zero-order valence-corrected chi connectivity index (χ0v) is 14.5. The summed E-state index contributed by atoms with van der Waals surface area (Å²) in [7, 11) is 0. The molecule has 1 aliphatic heterocycles. The van der Waals surface area contributed by atoms with Crippen molar-refractivity contribution >= 4 is 27.9 Å². The zero-order valence-electron chi connectivity index (χ0n) is 12.9. The number of rotatable bonds is 3. The molecule has 0 bridgehead atoms. The van der Waals surface area contributed by atoms with Gasteiger partial charge in [0.25, 0.3) is 0 Å². The first-order valence-corrected chi connectivity index (χ1v) is 8.43. The SMILES string of the molecule is CC(C=O)N1CCC(C)(c2ccc(Br)cc2)c2ccccc21. The lowest BCUT2D eigenvalue weighted by Gasteiger charge is -2.44. The summed E-state index contributed by atoms with van der Waals surface area (Å²) in [6.07, 6.45) is 2.03. The van der Waals surface area contributed by atoms with E-state index in [2.05, 4.69) is 76.3 Å². The van der Waals surface area contributed by atoms with Gasteiger partial charge in [-0.3, -0.25) is 0 Å². The van der Waals surface area contributed by atoms with Crippen LogP contribution < -0.4 is 4.90 Å². The molecule has 0 saturated heterocycles. The Kier molecular flexibility index (Phi) is 4.09. The molecule has 0 aliphatic carbocycles. The van der Waals surface area contributed by atoms with Gasteiger partial charge >= 0.3 is 0 Å². The fourth-order valence-electron chi connectivity index (χ4n) is 3.40. The first-order valence-electron chi connectivity index (χ1n) is 7.64. The van der Waals surface area contributed by atoms with E-state index in [1.54, 1.807) is 0 Å². The van der Waals surface area contributed by atoms with E-state index < -0.39 is 0 Å². The second kappa shape index (κ2) is 5.88. The van der Waals surface area contributed by atoms with Gasteiger partial charge in [-0.25, -0.2) is 0 Å². The van der Waals surface area contributed by atoms with Crippen LogP contribution in [0.1, 0.15) is 31.4 Å². The minimum absolute atomic E-state index is 0.0175. The highest BCUT2D eigenvalue weighted by atomic mass is 79.9. The van der Waals surface area contributed by atoms with E-state index in [0.717, 1.165) is 23.7 Å². The molecule has 0 amide bonds. The van der Waals surface area contributed by atoms with E-state index in [-0.39, 0.29) is 11.5 Å². The largest absolute Gasteiger partial charge is 0.362 e. The van der Waals surface area contributed by atoms with Crippen molar-refractivity contribution in [1.82, 2.24) is 0 Å². The van der Waals surface area contributed by atoms with Crippen LogP contribution in [0.5, 0.6) is 0 Å². The average molecular weight is 358 g/mol. The monoisotopic (exact) mass is 357 g/mol. The first kappa shape index (κ1) is 15.3. The molecule has 2 aromatic rings. The van der Waals surface area contributed by atoms with E-state index in [0.29, 0.717) is 0 Å². The van der Waals surface area contributed by atoms with E-state index in [1.807, 2.05) is 6.92 Å². The van der Waals surface area contributed by atoms with E-state index in [1.165, 1.54) is 16.8 Å². The molecule has 3 rings (SSSR count). The van der Waals surface area contributed by atoms with Crippen LogP contribution in [0.4, 0.5) is 5.69 Å². The Morgan fingerprint density at radius 2 is 1.86 bits per heavy atom. The van der Waals surface area contributed by atoms with Gasteiger partial charge in [0.05, 0.1) is 6.04 Å². The average Bonchev–Trinajstić information content (AvgIpc) is 2.55. The molecule has 0 saturated carbocycles. The van der Waals surface area contributed by atoms with Gasteiger partial charge in [-0.1, -0.05) is 53.2 Å². The second-order valence-corrected chi connectivity index (χ2v) is 7.09. The molecule has 0 fully saturated rings. The third-order valence-corrected chi connectivity index (χ3v) is 5.36. The maximum Gasteiger partial charge on any atom is 0.142 e. The van der Waals surface area contributed by atoms with Gasteiger partial charge in [0, 0.05) is 22.1 Å². The highest BCUT2D eigenvalue weighted by Gasteiger charge is 2.37. The Morgan fingerprint density at radius 3 is 2.55 bits per heavy atom. The van der Waals surface area contributed by atoms with Crippen LogP contribution in [-0.2, 0) is 10.2 Å². The number of carbonyl (C=O) groups excluding carboxylic acids is 1. The topological polar surface area (TPSA) is 20.3 Å². The van der Waals surface area contributed by atoms with E-state index in [9.17, 15) is 4.79 Å². The fourth-order valence-corrected chi connectivity index (χ4v) is 3.67. The Hall–Kier alpha value is -1.61. The normalized spacial score (nSPS) is 22.0. The molecule has 2 atom stereocenters. The molecular weight excluding hydrogens is 338 g/mol. The summed E-state index contributed by atoms with van der Waals surface area (Å²) >= 11 is 3.51. The Bertz CT molecular complexity index is 682. The van der Waals surface area contributed by atoms with Crippen molar-refractivity contribution in [2.75, 3.05) is 11.4 Å².